The second-order valence-corrected chi connectivity index (χ2v) is 6.28. The molecule has 9 heteroatoms. The van der Waals surface area contributed by atoms with E-state index in [2.05, 4.69) is 25.4 Å². The molecule has 0 aliphatic rings. The lowest BCUT2D eigenvalue weighted by Crippen LogP contribution is -2.28. The molecule has 0 spiro atoms. The summed E-state index contributed by atoms with van der Waals surface area (Å²) in [5.41, 5.74) is 1.07. The van der Waals surface area contributed by atoms with Gasteiger partial charge in [0.05, 0.1) is 12.2 Å². The van der Waals surface area contributed by atoms with E-state index < -0.39 is 5.82 Å². The van der Waals surface area contributed by atoms with Crippen molar-refractivity contribution >= 4 is 11.7 Å². The van der Waals surface area contributed by atoms with Crippen LogP contribution in [0.2, 0.25) is 0 Å². The van der Waals surface area contributed by atoms with Gasteiger partial charge in [0, 0.05) is 32.3 Å². The standard InChI is InChI=1S/C18H20FN7O/c1-11(16-21-10-22-26(16)4)23-18(27)13-7-5-6-12(8-13)15-20-9-14(19)17(24-15)25(2)3/h5-11H,1-4H3,(H,23,27). The highest BCUT2D eigenvalue weighted by atomic mass is 19.1. The first-order chi connectivity index (χ1) is 12.9. The lowest BCUT2D eigenvalue weighted by molar-refractivity contribution is 0.0937. The number of halogens is 1. The molecule has 27 heavy (non-hydrogen) atoms. The van der Waals surface area contributed by atoms with Gasteiger partial charge in [0.2, 0.25) is 0 Å². The molecule has 2 heterocycles. The molecule has 3 rings (SSSR count). The van der Waals surface area contributed by atoms with Crippen LogP contribution in [0, 0.1) is 5.82 Å². The monoisotopic (exact) mass is 369 g/mol. The maximum atomic E-state index is 13.8. The number of nitrogens with one attached hydrogen (secondary N) is 1. The van der Waals surface area contributed by atoms with E-state index in [-0.39, 0.29) is 17.8 Å². The van der Waals surface area contributed by atoms with Crippen LogP contribution in [0.3, 0.4) is 0 Å². The zero-order chi connectivity index (χ0) is 19.6. The Morgan fingerprint density at radius 3 is 2.74 bits per heavy atom. The number of aromatic nitrogens is 5. The Kier molecular flexibility index (Phi) is 5.11. The zero-order valence-corrected chi connectivity index (χ0v) is 15.5. The molecule has 0 saturated heterocycles. The first kappa shape index (κ1) is 18.4. The van der Waals surface area contributed by atoms with Crippen LogP contribution < -0.4 is 10.2 Å². The maximum absolute atomic E-state index is 13.8. The molecule has 1 N–H and O–H groups in total. The van der Waals surface area contributed by atoms with Crippen LogP contribution in [0.25, 0.3) is 11.4 Å². The Bertz CT molecular complexity index is 970. The van der Waals surface area contributed by atoms with E-state index in [0.29, 0.717) is 22.8 Å². The fraction of sp³-hybridized carbons (Fsp3) is 0.278. The largest absolute Gasteiger partial charge is 0.360 e. The summed E-state index contributed by atoms with van der Waals surface area (Å²) >= 11 is 0. The van der Waals surface area contributed by atoms with Gasteiger partial charge >= 0.3 is 0 Å². The molecular weight excluding hydrogens is 349 g/mol. The lowest BCUT2D eigenvalue weighted by atomic mass is 10.1. The van der Waals surface area contributed by atoms with Crippen molar-refractivity contribution in [1.29, 1.82) is 0 Å². The van der Waals surface area contributed by atoms with Gasteiger partial charge in [0.1, 0.15) is 12.2 Å². The Morgan fingerprint density at radius 1 is 1.30 bits per heavy atom. The summed E-state index contributed by atoms with van der Waals surface area (Å²) in [5.74, 6) is 0.413. The summed E-state index contributed by atoms with van der Waals surface area (Å²) in [6.45, 7) is 1.83. The van der Waals surface area contributed by atoms with Crippen molar-refractivity contribution in [2.75, 3.05) is 19.0 Å². The number of rotatable bonds is 5. The number of anilines is 1. The third-order valence-corrected chi connectivity index (χ3v) is 4.01. The lowest BCUT2D eigenvalue weighted by Gasteiger charge is -2.14. The number of hydrogen-bond donors (Lipinski definition) is 1. The molecule has 0 aliphatic carbocycles. The molecule has 0 aliphatic heterocycles. The maximum Gasteiger partial charge on any atom is 0.251 e. The van der Waals surface area contributed by atoms with Gasteiger partial charge in [-0.05, 0) is 19.1 Å². The fourth-order valence-electron chi connectivity index (χ4n) is 2.65. The summed E-state index contributed by atoms with van der Waals surface area (Å²) < 4.78 is 15.4. The number of nitrogens with zero attached hydrogens (tertiary/aromatic N) is 6. The molecule has 0 bridgehead atoms. The molecule has 3 aromatic rings. The Hall–Kier alpha value is -3.36. The van der Waals surface area contributed by atoms with E-state index in [1.54, 1.807) is 55.0 Å². The van der Waals surface area contributed by atoms with Crippen molar-refractivity contribution < 1.29 is 9.18 Å². The Balaban J connectivity index is 1.84. The van der Waals surface area contributed by atoms with Crippen molar-refractivity contribution in [2.45, 2.75) is 13.0 Å². The first-order valence-corrected chi connectivity index (χ1v) is 8.32. The molecule has 1 unspecified atom stereocenters. The molecule has 140 valence electrons. The number of carbonyl (C=O) groups excluding carboxylic acids is 1. The van der Waals surface area contributed by atoms with Crippen LogP contribution >= 0.6 is 0 Å². The SMILES string of the molecule is CC(NC(=O)c1cccc(-c2ncc(F)c(N(C)C)n2)c1)c1ncnn1C. The van der Waals surface area contributed by atoms with Gasteiger partial charge in [-0.25, -0.2) is 19.3 Å². The summed E-state index contributed by atoms with van der Waals surface area (Å²) in [5, 5.41) is 6.89. The smallest absolute Gasteiger partial charge is 0.251 e. The van der Waals surface area contributed by atoms with E-state index in [4.69, 9.17) is 0 Å². The molecule has 1 amide bonds. The van der Waals surface area contributed by atoms with Crippen LogP contribution in [-0.4, -0.2) is 44.7 Å². The summed E-state index contributed by atoms with van der Waals surface area (Å²) in [7, 11) is 5.17. The van der Waals surface area contributed by atoms with Crippen molar-refractivity contribution in [3.8, 4) is 11.4 Å². The molecule has 1 atom stereocenters. The van der Waals surface area contributed by atoms with Crippen LogP contribution in [-0.2, 0) is 7.05 Å². The number of carbonyl (C=O) groups is 1. The highest BCUT2D eigenvalue weighted by Crippen LogP contribution is 2.21. The van der Waals surface area contributed by atoms with Crippen molar-refractivity contribution in [3.05, 3.63) is 54.0 Å². The fourth-order valence-corrected chi connectivity index (χ4v) is 2.65. The van der Waals surface area contributed by atoms with Crippen LogP contribution in [0.15, 0.2) is 36.8 Å². The molecule has 1 aromatic carbocycles. The molecule has 0 saturated carbocycles. The van der Waals surface area contributed by atoms with Gasteiger partial charge in [0.25, 0.3) is 5.91 Å². The Morgan fingerprint density at radius 2 is 2.07 bits per heavy atom. The number of hydrogen-bond acceptors (Lipinski definition) is 6. The van der Waals surface area contributed by atoms with E-state index in [0.717, 1.165) is 6.20 Å². The molecule has 0 radical (unpaired) electrons. The highest BCUT2D eigenvalue weighted by molar-refractivity contribution is 5.95. The molecule has 0 fully saturated rings. The van der Waals surface area contributed by atoms with Gasteiger partial charge in [-0.1, -0.05) is 12.1 Å². The third kappa shape index (κ3) is 3.91. The van der Waals surface area contributed by atoms with E-state index in [1.165, 1.54) is 6.33 Å². The summed E-state index contributed by atoms with van der Waals surface area (Å²) in [4.78, 5) is 26.6. The zero-order valence-electron chi connectivity index (χ0n) is 15.5. The third-order valence-electron chi connectivity index (χ3n) is 4.01. The topological polar surface area (TPSA) is 88.8 Å². The van der Waals surface area contributed by atoms with E-state index in [1.807, 2.05) is 6.92 Å². The average Bonchev–Trinajstić information content (AvgIpc) is 3.08. The quantitative estimate of drug-likeness (QED) is 0.740. The Labute approximate surface area is 156 Å². The molecular formula is C18H20FN7O. The molecule has 2 aromatic heterocycles. The van der Waals surface area contributed by atoms with E-state index >= 15 is 0 Å². The van der Waals surface area contributed by atoms with Gasteiger partial charge < -0.3 is 10.2 Å². The summed E-state index contributed by atoms with van der Waals surface area (Å²) in [6.07, 6.45) is 2.56. The average molecular weight is 369 g/mol. The number of benzene rings is 1. The van der Waals surface area contributed by atoms with Gasteiger partial charge in [0.15, 0.2) is 17.5 Å². The number of aryl methyl sites for hydroxylation is 1. The van der Waals surface area contributed by atoms with Gasteiger partial charge in [-0.15, -0.1) is 0 Å². The summed E-state index contributed by atoms with van der Waals surface area (Å²) in [6, 6.07) is 6.56. The second-order valence-electron chi connectivity index (χ2n) is 6.28. The van der Waals surface area contributed by atoms with Gasteiger partial charge in [-0.3, -0.25) is 9.48 Å². The van der Waals surface area contributed by atoms with E-state index in [9.17, 15) is 9.18 Å². The second kappa shape index (κ2) is 7.48. The minimum Gasteiger partial charge on any atom is -0.360 e. The minimum absolute atomic E-state index is 0.186. The van der Waals surface area contributed by atoms with Crippen molar-refractivity contribution in [1.82, 2.24) is 30.0 Å². The van der Waals surface area contributed by atoms with Crippen molar-refractivity contribution in [2.24, 2.45) is 7.05 Å². The van der Waals surface area contributed by atoms with Crippen LogP contribution in [0.4, 0.5) is 10.2 Å². The minimum atomic E-state index is -0.504. The van der Waals surface area contributed by atoms with Crippen molar-refractivity contribution in [3.63, 3.8) is 0 Å². The first-order valence-electron chi connectivity index (χ1n) is 8.32. The molecule has 8 nitrogen and oxygen atoms in total. The normalized spacial score (nSPS) is 11.9. The predicted molar refractivity (Wildman–Crippen MR) is 98.6 cm³/mol. The highest BCUT2D eigenvalue weighted by Gasteiger charge is 2.16. The van der Waals surface area contributed by atoms with Crippen LogP contribution in [0.1, 0.15) is 29.1 Å². The van der Waals surface area contributed by atoms with Gasteiger partial charge in [-0.2, -0.15) is 5.10 Å². The number of amides is 1. The van der Waals surface area contributed by atoms with Crippen LogP contribution in [0.5, 0.6) is 0 Å². The predicted octanol–water partition coefficient (Wildman–Crippen LogP) is 1.97.